The normalized spacial score (nSPS) is 22.6. The summed E-state index contributed by atoms with van der Waals surface area (Å²) in [5.41, 5.74) is -0.145. The van der Waals surface area contributed by atoms with Gasteiger partial charge in [0.15, 0.2) is 0 Å². The molecule has 0 bridgehead atoms. The van der Waals surface area contributed by atoms with Crippen LogP contribution < -0.4 is 0 Å². The number of hydrogen-bond acceptors (Lipinski definition) is 3. The standard InChI is InChI=1S/C24H50O3Si2/c1-28(2,3)19-17-25-21-23(13-9-7-10-14-23)27-24(15-11-8-12-16-24)22-26-18-20-29(4,5)6/h7-22H2,1-6H3. The van der Waals surface area contributed by atoms with Crippen LogP contribution in [0.5, 0.6) is 0 Å². The van der Waals surface area contributed by atoms with Gasteiger partial charge < -0.3 is 14.2 Å². The Kier molecular flexibility index (Phi) is 9.93. The molecule has 0 aliphatic heterocycles. The van der Waals surface area contributed by atoms with E-state index in [1.165, 1.54) is 50.6 Å². The maximum absolute atomic E-state index is 7.14. The van der Waals surface area contributed by atoms with Crippen LogP contribution in [0.25, 0.3) is 0 Å². The van der Waals surface area contributed by atoms with Crippen molar-refractivity contribution in [2.75, 3.05) is 26.4 Å². The number of hydrogen-bond donors (Lipinski definition) is 0. The second-order valence-corrected chi connectivity index (χ2v) is 23.6. The minimum Gasteiger partial charge on any atom is -0.379 e. The van der Waals surface area contributed by atoms with Crippen LogP contribution in [-0.4, -0.2) is 53.8 Å². The first-order valence-corrected chi connectivity index (χ1v) is 19.8. The Hall–Kier alpha value is 0.314. The Morgan fingerprint density at radius 3 is 1.21 bits per heavy atom. The Morgan fingerprint density at radius 1 is 0.552 bits per heavy atom. The van der Waals surface area contributed by atoms with Crippen LogP contribution >= 0.6 is 0 Å². The monoisotopic (exact) mass is 442 g/mol. The fourth-order valence-electron chi connectivity index (χ4n) is 4.68. The van der Waals surface area contributed by atoms with Crippen molar-refractivity contribution in [2.24, 2.45) is 0 Å². The van der Waals surface area contributed by atoms with Gasteiger partial charge in [-0.15, -0.1) is 0 Å². The van der Waals surface area contributed by atoms with E-state index in [1.807, 2.05) is 0 Å². The minimum absolute atomic E-state index is 0.0723. The predicted octanol–water partition coefficient (Wildman–Crippen LogP) is 7.12. The third-order valence-electron chi connectivity index (χ3n) is 6.69. The number of ether oxygens (including phenoxy) is 3. The highest BCUT2D eigenvalue weighted by atomic mass is 28.3. The maximum atomic E-state index is 7.14. The Bertz CT molecular complexity index is 414. The van der Waals surface area contributed by atoms with Crippen LogP contribution in [0.1, 0.15) is 64.2 Å². The summed E-state index contributed by atoms with van der Waals surface area (Å²) in [6.45, 7) is 18.0. The first-order chi connectivity index (χ1) is 13.5. The fraction of sp³-hybridized carbons (Fsp3) is 1.00. The Labute approximate surface area is 183 Å². The highest BCUT2D eigenvalue weighted by Gasteiger charge is 2.44. The summed E-state index contributed by atoms with van der Waals surface area (Å²) in [5.74, 6) is 0. The predicted molar refractivity (Wildman–Crippen MR) is 131 cm³/mol. The SMILES string of the molecule is C[Si](C)(C)CCOCC1(OC2(COCC[Si](C)(C)C)CCCCC2)CCCCC1. The molecule has 2 saturated carbocycles. The topological polar surface area (TPSA) is 27.7 Å². The number of rotatable bonds is 12. The van der Waals surface area contributed by atoms with Gasteiger partial charge in [-0.3, -0.25) is 0 Å². The molecular weight excluding hydrogens is 392 g/mol. The molecule has 2 aliphatic carbocycles. The van der Waals surface area contributed by atoms with Gasteiger partial charge in [0.2, 0.25) is 0 Å². The van der Waals surface area contributed by atoms with Gasteiger partial charge in [-0.05, 0) is 37.8 Å². The van der Waals surface area contributed by atoms with Crippen molar-refractivity contribution in [3.63, 3.8) is 0 Å². The lowest BCUT2D eigenvalue weighted by atomic mass is 9.81. The van der Waals surface area contributed by atoms with E-state index >= 15 is 0 Å². The van der Waals surface area contributed by atoms with E-state index in [-0.39, 0.29) is 11.2 Å². The molecule has 172 valence electrons. The lowest BCUT2D eigenvalue weighted by molar-refractivity contribution is -0.222. The smallest absolute Gasteiger partial charge is 0.0923 e. The summed E-state index contributed by atoms with van der Waals surface area (Å²) >= 11 is 0. The van der Waals surface area contributed by atoms with E-state index < -0.39 is 16.1 Å². The summed E-state index contributed by atoms with van der Waals surface area (Å²) in [5, 5.41) is 0. The van der Waals surface area contributed by atoms with Gasteiger partial charge in [-0.25, -0.2) is 0 Å². The van der Waals surface area contributed by atoms with Gasteiger partial charge in [-0.1, -0.05) is 77.8 Å². The molecule has 0 spiro atoms. The van der Waals surface area contributed by atoms with E-state index in [9.17, 15) is 0 Å². The van der Waals surface area contributed by atoms with Crippen molar-refractivity contribution in [1.29, 1.82) is 0 Å². The highest BCUT2D eigenvalue weighted by molar-refractivity contribution is 6.76. The molecule has 0 heterocycles. The maximum Gasteiger partial charge on any atom is 0.0923 e. The van der Waals surface area contributed by atoms with E-state index in [2.05, 4.69) is 39.3 Å². The molecule has 0 aromatic rings. The van der Waals surface area contributed by atoms with Gasteiger partial charge in [0.05, 0.1) is 24.4 Å². The highest BCUT2D eigenvalue weighted by Crippen LogP contribution is 2.41. The molecule has 0 radical (unpaired) electrons. The summed E-state index contributed by atoms with van der Waals surface area (Å²) in [6.07, 6.45) is 12.5. The molecule has 29 heavy (non-hydrogen) atoms. The molecule has 2 rings (SSSR count). The first-order valence-electron chi connectivity index (χ1n) is 12.4. The van der Waals surface area contributed by atoms with Crippen molar-refractivity contribution in [2.45, 2.75) is 127 Å². The van der Waals surface area contributed by atoms with Crippen LogP contribution in [0.2, 0.25) is 51.4 Å². The molecule has 0 atom stereocenters. The van der Waals surface area contributed by atoms with E-state index in [0.29, 0.717) is 0 Å². The zero-order valence-electron chi connectivity index (χ0n) is 20.5. The van der Waals surface area contributed by atoms with Crippen LogP contribution in [0.4, 0.5) is 0 Å². The molecule has 0 unspecified atom stereocenters. The average molecular weight is 443 g/mol. The van der Waals surface area contributed by atoms with Crippen LogP contribution in [-0.2, 0) is 14.2 Å². The van der Waals surface area contributed by atoms with Gasteiger partial charge in [0, 0.05) is 29.4 Å². The van der Waals surface area contributed by atoms with Crippen molar-refractivity contribution < 1.29 is 14.2 Å². The van der Waals surface area contributed by atoms with E-state index in [4.69, 9.17) is 14.2 Å². The summed E-state index contributed by atoms with van der Waals surface area (Å²) in [7, 11) is -2.09. The molecule has 0 aromatic heterocycles. The van der Waals surface area contributed by atoms with Gasteiger partial charge >= 0.3 is 0 Å². The molecule has 2 aliphatic rings. The molecule has 0 aromatic carbocycles. The van der Waals surface area contributed by atoms with Crippen molar-refractivity contribution >= 4 is 16.1 Å². The fourth-order valence-corrected chi connectivity index (χ4v) is 6.19. The van der Waals surface area contributed by atoms with Gasteiger partial charge in [0.25, 0.3) is 0 Å². The lowest BCUT2D eigenvalue weighted by Gasteiger charge is -2.47. The second kappa shape index (κ2) is 11.3. The third-order valence-corrected chi connectivity index (χ3v) is 10.1. The van der Waals surface area contributed by atoms with Gasteiger partial charge in [-0.2, -0.15) is 0 Å². The van der Waals surface area contributed by atoms with Crippen molar-refractivity contribution in [3.05, 3.63) is 0 Å². The Balaban J connectivity index is 1.97. The van der Waals surface area contributed by atoms with Crippen LogP contribution in [0.3, 0.4) is 0 Å². The van der Waals surface area contributed by atoms with Gasteiger partial charge in [0.1, 0.15) is 0 Å². The largest absolute Gasteiger partial charge is 0.379 e. The molecule has 5 heteroatoms. The summed E-state index contributed by atoms with van der Waals surface area (Å²) < 4.78 is 19.7. The van der Waals surface area contributed by atoms with E-state index in [1.54, 1.807) is 0 Å². The van der Waals surface area contributed by atoms with Crippen molar-refractivity contribution in [1.82, 2.24) is 0 Å². The average Bonchev–Trinajstić information content (AvgIpc) is 2.63. The lowest BCUT2D eigenvalue weighted by Crippen LogP contribution is -2.52. The summed E-state index contributed by atoms with van der Waals surface area (Å²) in [4.78, 5) is 0. The molecule has 0 saturated heterocycles. The molecule has 0 amide bonds. The first kappa shape index (κ1) is 25.6. The summed E-state index contributed by atoms with van der Waals surface area (Å²) in [6, 6.07) is 2.49. The zero-order valence-corrected chi connectivity index (χ0v) is 22.5. The van der Waals surface area contributed by atoms with Crippen molar-refractivity contribution in [3.8, 4) is 0 Å². The van der Waals surface area contributed by atoms with Crippen LogP contribution in [0.15, 0.2) is 0 Å². The zero-order chi connectivity index (χ0) is 21.4. The van der Waals surface area contributed by atoms with Crippen LogP contribution in [0, 0.1) is 0 Å². The minimum atomic E-state index is -1.05. The molecule has 2 fully saturated rings. The molecule has 3 nitrogen and oxygen atoms in total. The Morgan fingerprint density at radius 2 is 0.897 bits per heavy atom. The second-order valence-electron chi connectivity index (χ2n) is 12.3. The quantitative estimate of drug-likeness (QED) is 0.238. The third kappa shape index (κ3) is 9.98. The van der Waals surface area contributed by atoms with E-state index in [0.717, 1.165) is 52.1 Å². The molecular formula is C24H50O3Si2. The molecule has 0 N–H and O–H groups in total.